The maximum atomic E-state index is 11.5. The molecule has 0 aromatic heterocycles. The van der Waals surface area contributed by atoms with E-state index in [0.717, 1.165) is 5.56 Å². The van der Waals surface area contributed by atoms with Crippen LogP contribution in [0.15, 0.2) is 18.2 Å². The first kappa shape index (κ1) is 13.2. The third kappa shape index (κ3) is 3.32. The predicted molar refractivity (Wildman–Crippen MR) is 67.3 cm³/mol. The molecular formula is C14H18N2O. The summed E-state index contributed by atoms with van der Waals surface area (Å²) in [6.45, 7) is 7.98. The van der Waals surface area contributed by atoms with Crippen molar-refractivity contribution in [1.29, 1.82) is 5.26 Å². The first-order valence-electron chi connectivity index (χ1n) is 5.62. The molecule has 0 heterocycles. The highest BCUT2D eigenvalue weighted by Gasteiger charge is 2.22. The fourth-order valence-electron chi connectivity index (χ4n) is 1.67. The second-order valence-electron chi connectivity index (χ2n) is 4.81. The summed E-state index contributed by atoms with van der Waals surface area (Å²) in [6, 6.07) is 7.97. The van der Waals surface area contributed by atoms with Gasteiger partial charge in [-0.1, -0.05) is 18.2 Å². The number of carbonyl (C=O) groups is 1. The van der Waals surface area contributed by atoms with Gasteiger partial charge in [0.2, 0.25) is 5.91 Å². The van der Waals surface area contributed by atoms with Gasteiger partial charge < -0.3 is 5.32 Å². The average Bonchev–Trinajstić information content (AvgIpc) is 2.21. The van der Waals surface area contributed by atoms with Crippen molar-refractivity contribution in [2.45, 2.75) is 39.7 Å². The van der Waals surface area contributed by atoms with Crippen molar-refractivity contribution in [3.05, 3.63) is 34.9 Å². The molecule has 0 aliphatic carbocycles. The summed E-state index contributed by atoms with van der Waals surface area (Å²) < 4.78 is 0. The normalized spacial score (nSPS) is 10.8. The van der Waals surface area contributed by atoms with E-state index in [9.17, 15) is 4.79 Å². The van der Waals surface area contributed by atoms with Crippen molar-refractivity contribution in [3.63, 3.8) is 0 Å². The molecule has 90 valence electrons. The largest absolute Gasteiger partial charge is 0.346 e. The van der Waals surface area contributed by atoms with Gasteiger partial charge in [0.25, 0.3) is 0 Å². The Morgan fingerprint density at radius 2 is 2.00 bits per heavy atom. The zero-order valence-electron chi connectivity index (χ0n) is 10.8. The Hall–Kier alpha value is -1.82. The molecule has 1 rings (SSSR count). The van der Waals surface area contributed by atoms with Gasteiger partial charge in [0, 0.05) is 0 Å². The monoisotopic (exact) mass is 230 g/mol. The van der Waals surface area contributed by atoms with Gasteiger partial charge in [-0.2, -0.15) is 5.26 Å². The third-order valence-corrected chi connectivity index (χ3v) is 2.92. The number of hydrogen-bond acceptors (Lipinski definition) is 2. The fourth-order valence-corrected chi connectivity index (χ4v) is 1.67. The quantitative estimate of drug-likeness (QED) is 0.867. The van der Waals surface area contributed by atoms with Gasteiger partial charge in [0.1, 0.15) is 6.42 Å². The van der Waals surface area contributed by atoms with Gasteiger partial charge in [0.15, 0.2) is 0 Å². The molecule has 0 spiro atoms. The molecule has 1 aromatic rings. The van der Waals surface area contributed by atoms with Crippen molar-refractivity contribution in [3.8, 4) is 6.07 Å². The highest BCUT2D eigenvalue weighted by atomic mass is 16.1. The molecule has 0 radical (unpaired) electrons. The number of amides is 1. The zero-order chi connectivity index (χ0) is 13.1. The number of carbonyl (C=O) groups excluding carboxylic acids is 1. The molecule has 0 atom stereocenters. The number of aryl methyl sites for hydroxylation is 2. The van der Waals surface area contributed by atoms with E-state index in [4.69, 9.17) is 5.26 Å². The predicted octanol–water partition coefficient (Wildman–Crippen LogP) is 2.57. The number of hydrogen-bond donors (Lipinski definition) is 1. The number of rotatable bonds is 3. The maximum Gasteiger partial charge on any atom is 0.234 e. The van der Waals surface area contributed by atoms with Crippen molar-refractivity contribution in [2.75, 3.05) is 0 Å². The van der Waals surface area contributed by atoms with Crippen LogP contribution in [-0.4, -0.2) is 5.91 Å². The van der Waals surface area contributed by atoms with Gasteiger partial charge in [0.05, 0.1) is 11.6 Å². The Morgan fingerprint density at radius 1 is 1.35 bits per heavy atom. The van der Waals surface area contributed by atoms with Crippen LogP contribution in [0.3, 0.4) is 0 Å². The van der Waals surface area contributed by atoms with Crippen LogP contribution in [0, 0.1) is 25.2 Å². The number of nitrogens with zero attached hydrogens (tertiary/aromatic N) is 1. The summed E-state index contributed by atoms with van der Waals surface area (Å²) in [5, 5.41) is 11.3. The lowest BCUT2D eigenvalue weighted by Gasteiger charge is -2.27. The molecule has 0 aliphatic heterocycles. The van der Waals surface area contributed by atoms with Crippen LogP contribution in [0.4, 0.5) is 0 Å². The Labute approximate surface area is 102 Å². The molecule has 1 N–H and O–H groups in total. The van der Waals surface area contributed by atoms with Gasteiger partial charge in [-0.25, -0.2) is 0 Å². The lowest BCUT2D eigenvalue weighted by molar-refractivity contribution is -0.121. The second-order valence-corrected chi connectivity index (χ2v) is 4.81. The molecular weight excluding hydrogens is 212 g/mol. The highest BCUT2D eigenvalue weighted by molar-refractivity contribution is 5.78. The van der Waals surface area contributed by atoms with Crippen LogP contribution in [0.2, 0.25) is 0 Å². The minimum absolute atomic E-state index is 0.103. The summed E-state index contributed by atoms with van der Waals surface area (Å²) >= 11 is 0. The lowest BCUT2D eigenvalue weighted by atomic mass is 9.91. The van der Waals surface area contributed by atoms with Crippen LogP contribution < -0.4 is 5.32 Å². The second kappa shape index (κ2) is 5.01. The molecule has 3 heteroatoms. The van der Waals surface area contributed by atoms with Crippen molar-refractivity contribution >= 4 is 5.91 Å². The summed E-state index contributed by atoms with van der Waals surface area (Å²) in [6.07, 6.45) is -0.103. The van der Waals surface area contributed by atoms with Gasteiger partial charge in [-0.3, -0.25) is 4.79 Å². The van der Waals surface area contributed by atoms with Crippen molar-refractivity contribution in [1.82, 2.24) is 5.32 Å². The van der Waals surface area contributed by atoms with E-state index in [1.165, 1.54) is 11.1 Å². The molecule has 0 bridgehead atoms. The van der Waals surface area contributed by atoms with E-state index in [2.05, 4.69) is 18.3 Å². The van der Waals surface area contributed by atoms with E-state index in [0.29, 0.717) is 0 Å². The molecule has 1 aromatic carbocycles. The summed E-state index contributed by atoms with van der Waals surface area (Å²) in [5.74, 6) is -0.240. The molecule has 1 amide bonds. The SMILES string of the molecule is Cc1ccc(C(C)(C)NC(=O)CC#N)cc1C. The summed E-state index contributed by atoms with van der Waals surface area (Å²) in [4.78, 5) is 11.5. The van der Waals surface area contributed by atoms with E-state index in [1.54, 1.807) is 0 Å². The zero-order valence-corrected chi connectivity index (χ0v) is 10.8. The van der Waals surface area contributed by atoms with Gasteiger partial charge in [-0.15, -0.1) is 0 Å². The van der Waals surface area contributed by atoms with Crippen LogP contribution in [0.25, 0.3) is 0 Å². The van der Waals surface area contributed by atoms with Crippen LogP contribution in [-0.2, 0) is 10.3 Å². The molecule has 0 saturated heterocycles. The van der Waals surface area contributed by atoms with E-state index < -0.39 is 5.54 Å². The van der Waals surface area contributed by atoms with E-state index >= 15 is 0 Å². The van der Waals surface area contributed by atoms with E-state index in [1.807, 2.05) is 39.0 Å². The highest BCUT2D eigenvalue weighted by Crippen LogP contribution is 2.22. The van der Waals surface area contributed by atoms with Gasteiger partial charge >= 0.3 is 0 Å². The van der Waals surface area contributed by atoms with Crippen LogP contribution in [0.5, 0.6) is 0 Å². The summed E-state index contributed by atoms with van der Waals surface area (Å²) in [7, 11) is 0. The fraction of sp³-hybridized carbons (Fsp3) is 0.429. The van der Waals surface area contributed by atoms with Crippen molar-refractivity contribution in [2.24, 2.45) is 0 Å². The Morgan fingerprint density at radius 3 is 2.53 bits per heavy atom. The molecule has 0 saturated carbocycles. The smallest absolute Gasteiger partial charge is 0.234 e. The molecule has 0 aliphatic rings. The van der Waals surface area contributed by atoms with Crippen LogP contribution in [0.1, 0.15) is 37.0 Å². The number of benzene rings is 1. The number of nitriles is 1. The standard InChI is InChI=1S/C14H18N2O/c1-10-5-6-12(9-11(10)2)14(3,4)16-13(17)7-8-15/h5-6,9H,7H2,1-4H3,(H,16,17). The summed E-state index contributed by atoms with van der Waals surface area (Å²) in [5.41, 5.74) is 3.02. The average molecular weight is 230 g/mol. The van der Waals surface area contributed by atoms with Crippen LogP contribution >= 0.6 is 0 Å². The molecule has 17 heavy (non-hydrogen) atoms. The molecule has 0 fully saturated rings. The number of nitrogens with one attached hydrogen (secondary N) is 1. The Kier molecular flexibility index (Phi) is 3.90. The topological polar surface area (TPSA) is 52.9 Å². The van der Waals surface area contributed by atoms with Gasteiger partial charge in [-0.05, 0) is 44.4 Å². The Balaban J connectivity index is 2.93. The molecule has 0 unspecified atom stereocenters. The first-order valence-corrected chi connectivity index (χ1v) is 5.62. The minimum atomic E-state index is -0.452. The minimum Gasteiger partial charge on any atom is -0.346 e. The molecule has 3 nitrogen and oxygen atoms in total. The lowest BCUT2D eigenvalue weighted by Crippen LogP contribution is -2.40. The third-order valence-electron chi connectivity index (χ3n) is 2.92. The Bertz CT molecular complexity index is 470. The maximum absolute atomic E-state index is 11.5. The first-order chi connectivity index (χ1) is 7.86. The van der Waals surface area contributed by atoms with Crippen molar-refractivity contribution < 1.29 is 4.79 Å². The van der Waals surface area contributed by atoms with E-state index in [-0.39, 0.29) is 12.3 Å².